The van der Waals surface area contributed by atoms with E-state index in [-0.39, 0.29) is 5.82 Å². The van der Waals surface area contributed by atoms with Crippen LogP contribution in [0.25, 0.3) is 0 Å². The van der Waals surface area contributed by atoms with Gasteiger partial charge in [-0.05, 0) is 44.8 Å². The van der Waals surface area contributed by atoms with Crippen molar-refractivity contribution in [1.29, 1.82) is 0 Å². The molecule has 0 bridgehead atoms. The van der Waals surface area contributed by atoms with E-state index >= 15 is 0 Å². The molecule has 1 aromatic rings. The van der Waals surface area contributed by atoms with Gasteiger partial charge in [0.1, 0.15) is 5.82 Å². The van der Waals surface area contributed by atoms with Crippen molar-refractivity contribution in [3.63, 3.8) is 0 Å². The molecule has 1 rings (SSSR count). The molecule has 1 aromatic carbocycles. The molecule has 0 aliphatic carbocycles. The number of unbranched alkanes of at least 4 members (excludes halogenated alkanes) is 2. The smallest absolute Gasteiger partial charge is 0.128 e. The highest BCUT2D eigenvalue weighted by Crippen LogP contribution is 2.08. The van der Waals surface area contributed by atoms with Gasteiger partial charge in [0, 0.05) is 12.2 Å². The minimum absolute atomic E-state index is 0.179. The maximum atomic E-state index is 13.2. The molecule has 0 aliphatic heterocycles. The first-order valence-corrected chi connectivity index (χ1v) is 6.86. The third-order valence-electron chi connectivity index (χ3n) is 2.78. The van der Waals surface area contributed by atoms with Gasteiger partial charge in [-0.25, -0.2) is 4.39 Å². The van der Waals surface area contributed by atoms with Crippen molar-refractivity contribution in [3.05, 3.63) is 35.6 Å². The fourth-order valence-electron chi connectivity index (χ4n) is 1.73. The van der Waals surface area contributed by atoms with Gasteiger partial charge in [-0.3, -0.25) is 0 Å². The lowest BCUT2D eigenvalue weighted by atomic mass is 10.2. The Bertz CT molecular complexity index is 317. The Labute approximate surface area is 110 Å². The van der Waals surface area contributed by atoms with Crippen molar-refractivity contribution >= 4 is 0 Å². The van der Waals surface area contributed by atoms with Gasteiger partial charge >= 0.3 is 0 Å². The van der Waals surface area contributed by atoms with Gasteiger partial charge in [0.25, 0.3) is 0 Å². The first kappa shape index (κ1) is 15.1. The van der Waals surface area contributed by atoms with Crippen molar-refractivity contribution in [2.24, 2.45) is 0 Å². The van der Waals surface area contributed by atoms with Crippen molar-refractivity contribution < 1.29 is 9.13 Å². The molecule has 18 heavy (non-hydrogen) atoms. The van der Waals surface area contributed by atoms with Crippen LogP contribution in [0.5, 0.6) is 0 Å². The summed E-state index contributed by atoms with van der Waals surface area (Å²) >= 11 is 0. The quantitative estimate of drug-likeness (QED) is 0.644. The molecule has 102 valence electrons. The Morgan fingerprint density at radius 2 is 1.94 bits per heavy atom. The van der Waals surface area contributed by atoms with E-state index in [9.17, 15) is 4.39 Å². The summed E-state index contributed by atoms with van der Waals surface area (Å²) in [6.45, 7) is 5.44. The number of nitrogens with one attached hydrogen (secondary N) is 1. The molecule has 0 saturated heterocycles. The lowest BCUT2D eigenvalue weighted by Crippen LogP contribution is -2.15. The van der Waals surface area contributed by atoms with Gasteiger partial charge in [0.2, 0.25) is 0 Å². The van der Waals surface area contributed by atoms with Gasteiger partial charge in [0.05, 0.1) is 6.61 Å². The van der Waals surface area contributed by atoms with Crippen LogP contribution in [-0.4, -0.2) is 19.7 Å². The summed E-state index contributed by atoms with van der Waals surface area (Å²) in [6, 6.07) is 6.77. The summed E-state index contributed by atoms with van der Waals surface area (Å²) in [4.78, 5) is 0. The number of hydrogen-bond acceptors (Lipinski definition) is 2. The summed E-state index contributed by atoms with van der Waals surface area (Å²) < 4.78 is 18.7. The second-order valence-corrected chi connectivity index (χ2v) is 4.45. The zero-order valence-corrected chi connectivity index (χ0v) is 11.3. The predicted octanol–water partition coefficient (Wildman–Crippen LogP) is 3.51. The van der Waals surface area contributed by atoms with Crippen LogP contribution in [0.4, 0.5) is 4.39 Å². The van der Waals surface area contributed by atoms with Crippen molar-refractivity contribution in [1.82, 2.24) is 5.32 Å². The van der Waals surface area contributed by atoms with Gasteiger partial charge in [-0.15, -0.1) is 0 Å². The molecule has 0 radical (unpaired) electrons. The van der Waals surface area contributed by atoms with Gasteiger partial charge in [-0.2, -0.15) is 0 Å². The first-order chi connectivity index (χ1) is 8.84. The molecular weight excluding hydrogens is 229 g/mol. The highest BCUT2D eigenvalue weighted by atomic mass is 19.1. The van der Waals surface area contributed by atoms with Crippen molar-refractivity contribution in [2.45, 2.75) is 39.2 Å². The Morgan fingerprint density at radius 1 is 1.11 bits per heavy atom. The SMILES string of the molecule is CCCNCCCCCOCc1ccccc1F. The second kappa shape index (κ2) is 10.0. The van der Waals surface area contributed by atoms with Gasteiger partial charge in [-0.1, -0.05) is 25.1 Å². The summed E-state index contributed by atoms with van der Waals surface area (Å²) in [5.41, 5.74) is 0.641. The monoisotopic (exact) mass is 253 g/mol. The fourth-order valence-corrected chi connectivity index (χ4v) is 1.73. The Balaban J connectivity index is 1.94. The van der Waals surface area contributed by atoms with E-state index in [4.69, 9.17) is 4.74 Å². The van der Waals surface area contributed by atoms with Crippen LogP contribution < -0.4 is 5.32 Å². The summed E-state index contributed by atoms with van der Waals surface area (Å²) in [7, 11) is 0. The molecule has 0 fully saturated rings. The summed E-state index contributed by atoms with van der Waals surface area (Å²) in [5.74, 6) is -0.179. The van der Waals surface area contributed by atoms with E-state index in [0.29, 0.717) is 18.8 Å². The molecule has 1 N–H and O–H groups in total. The summed E-state index contributed by atoms with van der Waals surface area (Å²) in [6.07, 6.45) is 4.57. The van der Waals surface area contributed by atoms with Crippen LogP contribution in [0.15, 0.2) is 24.3 Å². The van der Waals surface area contributed by atoms with Gasteiger partial charge in [0.15, 0.2) is 0 Å². The molecule has 0 unspecified atom stereocenters. The average Bonchev–Trinajstić information content (AvgIpc) is 2.39. The average molecular weight is 253 g/mol. The lowest BCUT2D eigenvalue weighted by Gasteiger charge is -2.06. The number of benzene rings is 1. The zero-order chi connectivity index (χ0) is 13.1. The number of halogens is 1. The second-order valence-electron chi connectivity index (χ2n) is 4.45. The van der Waals surface area contributed by atoms with Crippen LogP contribution in [0, 0.1) is 5.82 Å². The van der Waals surface area contributed by atoms with E-state index in [1.807, 2.05) is 6.07 Å². The Hall–Kier alpha value is -0.930. The first-order valence-electron chi connectivity index (χ1n) is 6.86. The molecule has 0 spiro atoms. The molecule has 0 saturated carbocycles. The van der Waals surface area contributed by atoms with E-state index in [1.54, 1.807) is 12.1 Å². The number of rotatable bonds is 10. The zero-order valence-electron chi connectivity index (χ0n) is 11.3. The van der Waals surface area contributed by atoms with Gasteiger partial charge < -0.3 is 10.1 Å². The van der Waals surface area contributed by atoms with Crippen molar-refractivity contribution in [2.75, 3.05) is 19.7 Å². The highest BCUT2D eigenvalue weighted by Gasteiger charge is 1.99. The maximum absolute atomic E-state index is 13.2. The molecule has 0 heterocycles. The maximum Gasteiger partial charge on any atom is 0.128 e. The lowest BCUT2D eigenvalue weighted by molar-refractivity contribution is 0.114. The minimum atomic E-state index is -0.179. The number of ether oxygens (including phenoxy) is 1. The highest BCUT2D eigenvalue weighted by molar-refractivity contribution is 5.16. The number of hydrogen-bond donors (Lipinski definition) is 1. The largest absolute Gasteiger partial charge is 0.377 e. The minimum Gasteiger partial charge on any atom is -0.377 e. The summed E-state index contributed by atoms with van der Waals surface area (Å²) in [5, 5.41) is 3.37. The molecule has 0 aliphatic rings. The molecule has 3 heteroatoms. The molecular formula is C15H24FNO. The third kappa shape index (κ3) is 6.72. The van der Waals surface area contributed by atoms with Crippen LogP contribution >= 0.6 is 0 Å². The van der Waals surface area contributed by atoms with E-state index < -0.39 is 0 Å². The van der Waals surface area contributed by atoms with E-state index in [2.05, 4.69) is 12.2 Å². The van der Waals surface area contributed by atoms with Crippen LogP contribution in [0.1, 0.15) is 38.2 Å². The third-order valence-corrected chi connectivity index (χ3v) is 2.78. The Kier molecular flexibility index (Phi) is 8.43. The van der Waals surface area contributed by atoms with Crippen molar-refractivity contribution in [3.8, 4) is 0 Å². The molecule has 0 atom stereocenters. The predicted molar refractivity (Wildman–Crippen MR) is 73.1 cm³/mol. The van der Waals surface area contributed by atoms with Crippen LogP contribution in [0.3, 0.4) is 0 Å². The van der Waals surface area contributed by atoms with Crippen LogP contribution in [0.2, 0.25) is 0 Å². The van der Waals surface area contributed by atoms with Crippen LogP contribution in [-0.2, 0) is 11.3 Å². The Morgan fingerprint density at radius 3 is 2.72 bits per heavy atom. The van der Waals surface area contributed by atoms with E-state index in [0.717, 1.165) is 25.9 Å². The topological polar surface area (TPSA) is 21.3 Å². The van der Waals surface area contributed by atoms with E-state index in [1.165, 1.54) is 18.9 Å². The standard InChI is InChI=1S/C15H24FNO/c1-2-10-17-11-6-3-7-12-18-13-14-8-4-5-9-15(14)16/h4-5,8-9,17H,2-3,6-7,10-13H2,1H3. The normalized spacial score (nSPS) is 10.8. The fraction of sp³-hybridized carbons (Fsp3) is 0.600. The molecule has 2 nitrogen and oxygen atoms in total. The molecule has 0 aromatic heterocycles. The molecule has 0 amide bonds.